The Bertz CT molecular complexity index is 622. The van der Waals surface area contributed by atoms with Gasteiger partial charge in [0, 0.05) is 17.5 Å². The van der Waals surface area contributed by atoms with Crippen LogP contribution in [0.5, 0.6) is 0 Å². The zero-order valence-corrected chi connectivity index (χ0v) is 30.5. The van der Waals surface area contributed by atoms with Crippen LogP contribution in [0.2, 0.25) is 0 Å². The molecule has 3 heteroatoms. The molecule has 0 amide bonds. The second-order valence-electron chi connectivity index (χ2n) is 12.3. The van der Waals surface area contributed by atoms with Crippen molar-refractivity contribution >= 4 is 23.5 Å². The molecular formula is C39H73NS2. The number of nitrogens with zero attached hydrogens (tertiary/aromatic N) is 1. The van der Waals surface area contributed by atoms with Crippen LogP contribution in [-0.4, -0.2) is 48.0 Å². The van der Waals surface area contributed by atoms with Gasteiger partial charge in [-0.1, -0.05) is 127 Å². The van der Waals surface area contributed by atoms with E-state index in [9.17, 15) is 0 Å². The van der Waals surface area contributed by atoms with E-state index in [1.165, 1.54) is 152 Å². The number of allylic oxidation sites excluding steroid dienone is 8. The number of unbranched alkanes of at least 4 members (excludes halogenated alkanes) is 16. The van der Waals surface area contributed by atoms with E-state index in [0.29, 0.717) is 0 Å². The molecular weight excluding hydrogens is 547 g/mol. The first-order valence-electron chi connectivity index (χ1n) is 18.1. The monoisotopic (exact) mass is 620 g/mol. The Kier molecular flexibility index (Phi) is 36.5. The van der Waals surface area contributed by atoms with Gasteiger partial charge in [0.1, 0.15) is 0 Å². The van der Waals surface area contributed by atoms with E-state index in [2.05, 4.69) is 105 Å². The third-order valence-electron chi connectivity index (χ3n) is 7.56. The highest BCUT2D eigenvalue weighted by atomic mass is 32.2. The first-order chi connectivity index (χ1) is 20.7. The Morgan fingerprint density at radius 3 is 1.33 bits per heavy atom. The van der Waals surface area contributed by atoms with Crippen LogP contribution in [-0.2, 0) is 0 Å². The first kappa shape index (κ1) is 41.6. The maximum atomic E-state index is 2.39. The highest BCUT2D eigenvalue weighted by Crippen LogP contribution is 2.21. The Morgan fingerprint density at radius 2 is 0.881 bits per heavy atom. The summed E-state index contributed by atoms with van der Waals surface area (Å²) in [4.78, 5) is 2.38. The fraction of sp³-hybridized carbons (Fsp3) is 0.795. The predicted molar refractivity (Wildman–Crippen MR) is 202 cm³/mol. The van der Waals surface area contributed by atoms with Gasteiger partial charge in [-0.05, 0) is 103 Å². The molecule has 0 saturated carbocycles. The molecule has 0 aromatic heterocycles. The lowest BCUT2D eigenvalue weighted by Gasteiger charge is -2.20. The Balaban J connectivity index is 3.60. The smallest absolute Gasteiger partial charge is 0.0265 e. The number of thioether (sulfide) groups is 2. The highest BCUT2D eigenvalue weighted by molar-refractivity contribution is 8.03. The van der Waals surface area contributed by atoms with E-state index in [4.69, 9.17) is 0 Å². The minimum Gasteiger partial charge on any atom is -0.308 e. The van der Waals surface area contributed by atoms with Gasteiger partial charge in [0.15, 0.2) is 0 Å². The quantitative estimate of drug-likeness (QED) is 0.0531. The zero-order chi connectivity index (χ0) is 30.6. The van der Waals surface area contributed by atoms with Crippen molar-refractivity contribution in [1.82, 2.24) is 4.90 Å². The molecule has 0 saturated heterocycles. The van der Waals surface area contributed by atoms with Gasteiger partial charge in [-0.15, -0.1) is 0 Å². The molecule has 0 aliphatic carbocycles. The Hall–Kier alpha value is -0.380. The zero-order valence-electron chi connectivity index (χ0n) is 28.8. The van der Waals surface area contributed by atoms with Crippen molar-refractivity contribution < 1.29 is 0 Å². The fourth-order valence-corrected chi connectivity index (χ4v) is 7.68. The number of rotatable bonds is 33. The van der Waals surface area contributed by atoms with Gasteiger partial charge in [0.2, 0.25) is 0 Å². The van der Waals surface area contributed by atoms with Crippen molar-refractivity contribution in [3.63, 3.8) is 0 Å². The van der Waals surface area contributed by atoms with Crippen molar-refractivity contribution in [3.05, 3.63) is 48.6 Å². The molecule has 0 aliphatic rings. The number of hydrogen-bond donors (Lipinski definition) is 0. The molecule has 1 atom stereocenters. The molecule has 0 spiro atoms. The molecule has 0 N–H and O–H groups in total. The first-order valence-corrected chi connectivity index (χ1v) is 20.3. The summed E-state index contributed by atoms with van der Waals surface area (Å²) in [5.74, 6) is 4.01. The summed E-state index contributed by atoms with van der Waals surface area (Å²) in [6, 6.07) is 0. The van der Waals surface area contributed by atoms with Crippen molar-refractivity contribution in [2.75, 3.05) is 37.9 Å². The summed E-state index contributed by atoms with van der Waals surface area (Å²) >= 11 is 4.43. The lowest BCUT2D eigenvalue weighted by molar-refractivity contribution is 0.415. The minimum absolute atomic E-state index is 0.786. The lowest BCUT2D eigenvalue weighted by atomic mass is 10.1. The predicted octanol–water partition coefficient (Wildman–Crippen LogP) is 13.2. The minimum atomic E-state index is 0.786. The standard InChI is InChI=1S/C39H73NS2/c1-5-7-9-11-13-15-17-19-21-23-25-27-29-31-33-35-41-38-39(37-40(3)4)42-36-34-32-30-28-26-24-22-20-18-16-14-12-10-8-6-2/h13-16,19-22,39H,5-12,17-18,23-38H2,1-4H3/b15-13-,16-14-,21-19-,22-20-. The van der Waals surface area contributed by atoms with E-state index in [0.717, 1.165) is 18.1 Å². The van der Waals surface area contributed by atoms with E-state index in [-0.39, 0.29) is 0 Å². The SMILES string of the molecule is CCCCC/C=C\C/C=C\CCCCCCCSCC(CN(C)C)SCCCCCCC/C=C\C/C=C\CCCCC. The Morgan fingerprint density at radius 1 is 0.476 bits per heavy atom. The van der Waals surface area contributed by atoms with Crippen molar-refractivity contribution in [2.45, 2.75) is 160 Å². The fourth-order valence-electron chi connectivity index (χ4n) is 4.95. The van der Waals surface area contributed by atoms with Gasteiger partial charge in [0.25, 0.3) is 0 Å². The molecule has 1 nitrogen and oxygen atoms in total. The molecule has 0 bridgehead atoms. The van der Waals surface area contributed by atoms with Crippen LogP contribution in [0.25, 0.3) is 0 Å². The second-order valence-corrected chi connectivity index (χ2v) is 14.8. The normalized spacial score (nSPS) is 13.3. The second kappa shape index (κ2) is 36.8. The van der Waals surface area contributed by atoms with E-state index in [1.807, 2.05) is 0 Å². The van der Waals surface area contributed by atoms with E-state index >= 15 is 0 Å². The third kappa shape index (κ3) is 35.8. The molecule has 1 unspecified atom stereocenters. The molecule has 0 fully saturated rings. The van der Waals surface area contributed by atoms with Crippen LogP contribution in [0.15, 0.2) is 48.6 Å². The summed E-state index contributed by atoms with van der Waals surface area (Å²) in [6.45, 7) is 5.77. The average Bonchev–Trinajstić information content (AvgIpc) is 2.98. The third-order valence-corrected chi connectivity index (χ3v) is 10.3. The molecule has 0 aromatic carbocycles. The highest BCUT2D eigenvalue weighted by Gasteiger charge is 2.10. The van der Waals surface area contributed by atoms with Gasteiger partial charge < -0.3 is 4.90 Å². The largest absolute Gasteiger partial charge is 0.308 e. The van der Waals surface area contributed by atoms with E-state index < -0.39 is 0 Å². The van der Waals surface area contributed by atoms with Crippen LogP contribution in [0.1, 0.15) is 155 Å². The van der Waals surface area contributed by atoms with Crippen LogP contribution in [0.4, 0.5) is 0 Å². The van der Waals surface area contributed by atoms with Crippen LogP contribution < -0.4 is 0 Å². The van der Waals surface area contributed by atoms with Gasteiger partial charge >= 0.3 is 0 Å². The molecule has 0 heterocycles. The maximum absolute atomic E-state index is 2.39. The van der Waals surface area contributed by atoms with E-state index in [1.54, 1.807) is 0 Å². The molecule has 0 aromatic rings. The van der Waals surface area contributed by atoms with Crippen molar-refractivity contribution in [3.8, 4) is 0 Å². The lowest BCUT2D eigenvalue weighted by Crippen LogP contribution is -2.26. The molecule has 42 heavy (non-hydrogen) atoms. The Labute approximate surface area is 274 Å². The summed E-state index contributed by atoms with van der Waals surface area (Å²) < 4.78 is 0. The van der Waals surface area contributed by atoms with Crippen LogP contribution in [0.3, 0.4) is 0 Å². The molecule has 246 valence electrons. The molecule has 0 rings (SSSR count). The van der Waals surface area contributed by atoms with Gasteiger partial charge in [-0.25, -0.2) is 0 Å². The van der Waals surface area contributed by atoms with Crippen molar-refractivity contribution in [1.29, 1.82) is 0 Å². The topological polar surface area (TPSA) is 3.24 Å². The summed E-state index contributed by atoms with van der Waals surface area (Å²) in [6.07, 6.45) is 48.2. The van der Waals surface area contributed by atoms with Crippen molar-refractivity contribution in [2.24, 2.45) is 0 Å². The maximum Gasteiger partial charge on any atom is 0.0265 e. The summed E-state index contributed by atoms with van der Waals surface area (Å²) in [5, 5.41) is 0.786. The summed E-state index contributed by atoms with van der Waals surface area (Å²) in [7, 11) is 4.47. The average molecular weight is 620 g/mol. The summed E-state index contributed by atoms with van der Waals surface area (Å²) in [5.41, 5.74) is 0. The van der Waals surface area contributed by atoms with Gasteiger partial charge in [-0.2, -0.15) is 23.5 Å². The van der Waals surface area contributed by atoms with Gasteiger partial charge in [0.05, 0.1) is 0 Å². The molecule has 0 aliphatic heterocycles. The van der Waals surface area contributed by atoms with Gasteiger partial charge in [-0.3, -0.25) is 0 Å². The van der Waals surface area contributed by atoms with Crippen LogP contribution >= 0.6 is 23.5 Å². The number of hydrogen-bond acceptors (Lipinski definition) is 3. The molecule has 0 radical (unpaired) electrons. The van der Waals surface area contributed by atoms with Crippen LogP contribution in [0, 0.1) is 0 Å².